The lowest BCUT2D eigenvalue weighted by atomic mass is 10.1. The maximum absolute atomic E-state index is 5.55. The van der Waals surface area contributed by atoms with E-state index in [9.17, 15) is 0 Å². The van der Waals surface area contributed by atoms with E-state index in [4.69, 9.17) is 11.2 Å². The van der Waals surface area contributed by atoms with Crippen molar-refractivity contribution < 1.29 is 4.74 Å². The van der Waals surface area contributed by atoms with Gasteiger partial charge in [0, 0.05) is 23.0 Å². The fraction of sp³-hybridized carbons (Fsp3) is 0.294. The molecule has 2 nitrogen and oxygen atoms in total. The molecule has 3 heteroatoms. The zero-order valence-corrected chi connectivity index (χ0v) is 12.5. The van der Waals surface area contributed by atoms with Crippen LogP contribution in [0.1, 0.15) is 17.4 Å². The van der Waals surface area contributed by atoms with Gasteiger partial charge in [-0.05, 0) is 30.9 Å². The van der Waals surface area contributed by atoms with E-state index in [1.54, 1.807) is 11.3 Å². The van der Waals surface area contributed by atoms with Gasteiger partial charge in [0.25, 0.3) is 0 Å². The molecule has 0 saturated heterocycles. The van der Waals surface area contributed by atoms with Gasteiger partial charge in [0.2, 0.25) is 0 Å². The molecule has 0 aliphatic rings. The summed E-state index contributed by atoms with van der Waals surface area (Å²) in [4.78, 5) is 1.40. The van der Waals surface area contributed by atoms with Crippen molar-refractivity contribution in [2.24, 2.45) is 0 Å². The molecular weight excluding hydrogens is 266 g/mol. The lowest BCUT2D eigenvalue weighted by Gasteiger charge is -2.15. The molecular formula is C17H19NOS. The van der Waals surface area contributed by atoms with E-state index in [-0.39, 0.29) is 0 Å². The number of thiophene rings is 1. The molecule has 1 atom stereocenters. The molecule has 0 amide bonds. The Hall–Kier alpha value is -1.76. The zero-order valence-electron chi connectivity index (χ0n) is 11.6. The Morgan fingerprint density at radius 2 is 2.15 bits per heavy atom. The number of benzene rings is 1. The highest BCUT2D eigenvalue weighted by Gasteiger charge is 2.07. The van der Waals surface area contributed by atoms with Crippen LogP contribution in [0.15, 0.2) is 41.8 Å². The summed E-state index contributed by atoms with van der Waals surface area (Å²) in [6, 6.07) is 12.7. The largest absolute Gasteiger partial charge is 0.481 e. The Morgan fingerprint density at radius 1 is 1.30 bits per heavy atom. The van der Waals surface area contributed by atoms with Crippen LogP contribution in [0.5, 0.6) is 5.75 Å². The summed E-state index contributed by atoms with van der Waals surface area (Å²) in [6.45, 7) is 3.29. The van der Waals surface area contributed by atoms with Gasteiger partial charge in [-0.25, -0.2) is 0 Å². The minimum absolute atomic E-state index is 0.307. The first-order valence-corrected chi connectivity index (χ1v) is 7.57. The van der Waals surface area contributed by atoms with Crippen molar-refractivity contribution in [3.05, 3.63) is 52.2 Å². The zero-order chi connectivity index (χ0) is 14.2. The highest BCUT2D eigenvalue weighted by molar-refractivity contribution is 7.09. The van der Waals surface area contributed by atoms with Crippen LogP contribution in [0.25, 0.3) is 0 Å². The van der Waals surface area contributed by atoms with Gasteiger partial charge in [-0.3, -0.25) is 0 Å². The third-order valence-electron chi connectivity index (χ3n) is 3.01. The second-order valence-electron chi connectivity index (χ2n) is 4.67. The lowest BCUT2D eigenvalue weighted by Crippen LogP contribution is -2.27. The van der Waals surface area contributed by atoms with E-state index in [2.05, 4.69) is 41.7 Å². The summed E-state index contributed by atoms with van der Waals surface area (Å²) < 4.78 is 5.55. The van der Waals surface area contributed by atoms with Gasteiger partial charge in [0.05, 0.1) is 0 Å². The molecule has 104 valence electrons. The first-order chi connectivity index (χ1) is 9.79. The summed E-state index contributed by atoms with van der Waals surface area (Å²) in [7, 11) is 0. The number of rotatable bonds is 7. The molecule has 1 unspecified atom stereocenters. The summed E-state index contributed by atoms with van der Waals surface area (Å²) in [5.41, 5.74) is 1.14. The van der Waals surface area contributed by atoms with Gasteiger partial charge in [-0.2, -0.15) is 0 Å². The Kier molecular flexibility index (Phi) is 5.67. The monoisotopic (exact) mass is 285 g/mol. The van der Waals surface area contributed by atoms with Crippen molar-refractivity contribution in [2.75, 3.05) is 6.61 Å². The molecule has 0 aliphatic heterocycles. The second-order valence-corrected chi connectivity index (χ2v) is 5.70. The predicted molar refractivity (Wildman–Crippen MR) is 85.1 cm³/mol. The summed E-state index contributed by atoms with van der Waals surface area (Å²) in [5.74, 6) is 3.36. The van der Waals surface area contributed by atoms with E-state index in [1.807, 2.05) is 18.2 Å². The van der Waals surface area contributed by atoms with Crippen LogP contribution < -0.4 is 10.1 Å². The van der Waals surface area contributed by atoms with Crippen LogP contribution in [-0.2, 0) is 13.0 Å². The number of terminal acetylenes is 1. The summed E-state index contributed by atoms with van der Waals surface area (Å²) in [6.07, 6.45) is 6.28. The highest BCUT2D eigenvalue weighted by Crippen LogP contribution is 2.18. The van der Waals surface area contributed by atoms with Crippen LogP contribution >= 0.6 is 11.3 Å². The molecule has 1 heterocycles. The van der Waals surface area contributed by atoms with Crippen molar-refractivity contribution in [1.29, 1.82) is 0 Å². The van der Waals surface area contributed by atoms with Crippen LogP contribution in [0, 0.1) is 12.3 Å². The second kappa shape index (κ2) is 7.74. The SMILES string of the molecule is C#CCOc1ccccc1CNC(C)Cc1cccs1. The summed E-state index contributed by atoms with van der Waals surface area (Å²) in [5, 5.41) is 5.65. The van der Waals surface area contributed by atoms with Crippen LogP contribution in [0.3, 0.4) is 0 Å². The normalized spacial score (nSPS) is 11.8. The first kappa shape index (κ1) is 14.6. The smallest absolute Gasteiger partial charge is 0.148 e. The van der Waals surface area contributed by atoms with E-state index < -0.39 is 0 Å². The Morgan fingerprint density at radius 3 is 2.90 bits per heavy atom. The van der Waals surface area contributed by atoms with Crippen LogP contribution in [0.2, 0.25) is 0 Å². The minimum atomic E-state index is 0.307. The highest BCUT2D eigenvalue weighted by atomic mass is 32.1. The molecule has 1 aromatic carbocycles. The first-order valence-electron chi connectivity index (χ1n) is 6.69. The number of para-hydroxylation sites is 1. The molecule has 0 saturated carbocycles. The molecule has 1 aromatic heterocycles. The quantitative estimate of drug-likeness (QED) is 0.786. The predicted octanol–water partition coefficient (Wildman–Crippen LogP) is 3.48. The number of nitrogens with one attached hydrogen (secondary N) is 1. The average molecular weight is 285 g/mol. The van der Waals surface area contributed by atoms with Crippen molar-refractivity contribution in [1.82, 2.24) is 5.32 Å². The van der Waals surface area contributed by atoms with Gasteiger partial charge < -0.3 is 10.1 Å². The van der Waals surface area contributed by atoms with Crippen molar-refractivity contribution in [3.8, 4) is 18.1 Å². The van der Waals surface area contributed by atoms with E-state index in [0.29, 0.717) is 12.6 Å². The van der Waals surface area contributed by atoms with Gasteiger partial charge in [0.1, 0.15) is 12.4 Å². The Balaban J connectivity index is 1.88. The van der Waals surface area contributed by atoms with Crippen LogP contribution in [-0.4, -0.2) is 12.6 Å². The van der Waals surface area contributed by atoms with E-state index >= 15 is 0 Å². The number of hydrogen-bond donors (Lipinski definition) is 1. The number of hydrogen-bond acceptors (Lipinski definition) is 3. The van der Waals surface area contributed by atoms with Gasteiger partial charge in [0.15, 0.2) is 0 Å². The fourth-order valence-corrected chi connectivity index (χ4v) is 2.83. The maximum Gasteiger partial charge on any atom is 0.148 e. The molecule has 2 rings (SSSR count). The number of ether oxygens (including phenoxy) is 1. The fourth-order valence-electron chi connectivity index (χ4n) is 2.00. The average Bonchev–Trinajstić information content (AvgIpc) is 2.96. The third-order valence-corrected chi connectivity index (χ3v) is 3.91. The molecule has 0 aliphatic carbocycles. The molecule has 0 bridgehead atoms. The Labute approximate surface area is 124 Å². The van der Waals surface area contributed by atoms with E-state index in [0.717, 1.165) is 24.3 Å². The lowest BCUT2D eigenvalue weighted by molar-refractivity contribution is 0.363. The third kappa shape index (κ3) is 4.41. The van der Waals surface area contributed by atoms with Crippen molar-refractivity contribution >= 4 is 11.3 Å². The van der Waals surface area contributed by atoms with Crippen molar-refractivity contribution in [2.45, 2.75) is 25.9 Å². The maximum atomic E-state index is 5.55. The Bertz CT molecular complexity index is 557. The topological polar surface area (TPSA) is 21.3 Å². The molecule has 1 N–H and O–H groups in total. The van der Waals surface area contributed by atoms with E-state index in [1.165, 1.54) is 4.88 Å². The van der Waals surface area contributed by atoms with Gasteiger partial charge in [-0.1, -0.05) is 30.2 Å². The molecule has 20 heavy (non-hydrogen) atoms. The molecule has 0 fully saturated rings. The molecule has 0 radical (unpaired) electrons. The van der Waals surface area contributed by atoms with Gasteiger partial charge in [-0.15, -0.1) is 17.8 Å². The van der Waals surface area contributed by atoms with Crippen LogP contribution in [0.4, 0.5) is 0 Å². The minimum Gasteiger partial charge on any atom is -0.481 e. The molecule has 2 aromatic rings. The standard InChI is InChI=1S/C17H19NOS/c1-3-10-19-17-9-5-4-7-15(17)13-18-14(2)12-16-8-6-11-20-16/h1,4-9,11,14,18H,10,12-13H2,2H3. The summed E-state index contributed by atoms with van der Waals surface area (Å²) >= 11 is 1.80. The van der Waals surface area contributed by atoms with Gasteiger partial charge >= 0.3 is 0 Å². The van der Waals surface area contributed by atoms with Crippen molar-refractivity contribution in [3.63, 3.8) is 0 Å². The molecule has 0 spiro atoms.